The van der Waals surface area contributed by atoms with Gasteiger partial charge in [0, 0.05) is 45.0 Å². The van der Waals surface area contributed by atoms with Crippen LogP contribution in [0.4, 0.5) is 5.13 Å². The molecule has 0 spiro atoms. The van der Waals surface area contributed by atoms with Crippen LogP contribution in [0, 0.1) is 0 Å². The summed E-state index contributed by atoms with van der Waals surface area (Å²) in [6.45, 7) is 2.10. The molecule has 0 radical (unpaired) electrons. The Balaban J connectivity index is 2.14. The first-order valence-electron chi connectivity index (χ1n) is 6.45. The third-order valence-corrected chi connectivity index (χ3v) is 4.22. The summed E-state index contributed by atoms with van der Waals surface area (Å²) in [4.78, 5) is 12.4. The van der Waals surface area contributed by atoms with Crippen LogP contribution < -0.4 is 10.2 Å². The van der Waals surface area contributed by atoms with Crippen molar-refractivity contribution >= 4 is 16.5 Å². The predicted molar refractivity (Wildman–Crippen MR) is 80.9 cm³/mol. The van der Waals surface area contributed by atoms with Gasteiger partial charge in [0.15, 0.2) is 5.13 Å². The van der Waals surface area contributed by atoms with Gasteiger partial charge in [-0.25, -0.2) is 9.97 Å². The number of ether oxygens (including phenoxy) is 1. The Morgan fingerprint density at radius 2 is 2.30 bits per heavy atom. The molecule has 1 N–H and O–H groups in total. The Kier molecular flexibility index (Phi) is 5.11. The van der Waals surface area contributed by atoms with Crippen molar-refractivity contribution < 1.29 is 4.74 Å². The number of imidazole rings is 1. The maximum Gasteiger partial charge on any atom is 0.186 e. The minimum atomic E-state index is 0.545. The second-order valence-electron chi connectivity index (χ2n) is 4.64. The third-order valence-electron chi connectivity index (χ3n) is 3.01. The lowest BCUT2D eigenvalue weighted by molar-refractivity contribution is 0.181. The van der Waals surface area contributed by atoms with E-state index in [4.69, 9.17) is 4.74 Å². The zero-order valence-corrected chi connectivity index (χ0v) is 13.2. The lowest BCUT2D eigenvalue weighted by atomic mass is 10.4. The standard InChI is InChI=1S/C13H21N5OS/c1-14-7-11-10(9-19-4)16-13(20-11)18(3)8-12-15-5-6-17(12)2/h5-6,14H,7-9H2,1-4H3. The fourth-order valence-electron chi connectivity index (χ4n) is 1.91. The zero-order valence-electron chi connectivity index (χ0n) is 12.4. The molecule has 0 bridgehead atoms. The Labute approximate surface area is 123 Å². The van der Waals surface area contributed by atoms with Crippen LogP contribution in [0.2, 0.25) is 0 Å². The molecule has 0 saturated heterocycles. The van der Waals surface area contributed by atoms with Crippen LogP contribution in [0.1, 0.15) is 16.4 Å². The molecule has 0 unspecified atom stereocenters. The molecule has 0 amide bonds. The van der Waals surface area contributed by atoms with E-state index in [1.165, 1.54) is 4.88 Å². The van der Waals surface area contributed by atoms with E-state index in [-0.39, 0.29) is 0 Å². The molecule has 7 heteroatoms. The third kappa shape index (κ3) is 3.36. The van der Waals surface area contributed by atoms with Crippen molar-refractivity contribution in [2.45, 2.75) is 19.7 Å². The summed E-state index contributed by atoms with van der Waals surface area (Å²) in [5.74, 6) is 1.02. The monoisotopic (exact) mass is 295 g/mol. The van der Waals surface area contributed by atoms with Crippen molar-refractivity contribution in [1.82, 2.24) is 19.9 Å². The number of aryl methyl sites for hydroxylation is 1. The van der Waals surface area contributed by atoms with Crippen LogP contribution in [0.3, 0.4) is 0 Å². The van der Waals surface area contributed by atoms with Gasteiger partial charge in [-0.1, -0.05) is 0 Å². The van der Waals surface area contributed by atoms with E-state index in [0.717, 1.165) is 29.7 Å². The maximum absolute atomic E-state index is 5.21. The fourth-order valence-corrected chi connectivity index (χ4v) is 2.95. The van der Waals surface area contributed by atoms with Crippen molar-refractivity contribution in [3.63, 3.8) is 0 Å². The molecule has 0 aliphatic heterocycles. The Morgan fingerprint density at radius 1 is 1.50 bits per heavy atom. The zero-order chi connectivity index (χ0) is 14.5. The van der Waals surface area contributed by atoms with Crippen molar-refractivity contribution in [2.75, 3.05) is 26.1 Å². The topological polar surface area (TPSA) is 55.2 Å². The van der Waals surface area contributed by atoms with Gasteiger partial charge in [-0.2, -0.15) is 0 Å². The van der Waals surface area contributed by atoms with E-state index in [1.807, 2.05) is 38.1 Å². The number of thiazole rings is 1. The Bertz CT molecular complexity index is 527. The van der Waals surface area contributed by atoms with E-state index in [9.17, 15) is 0 Å². The predicted octanol–water partition coefficient (Wildman–Crippen LogP) is 1.38. The number of hydrogen-bond acceptors (Lipinski definition) is 6. The van der Waals surface area contributed by atoms with E-state index in [2.05, 4.69) is 20.2 Å². The van der Waals surface area contributed by atoms with Gasteiger partial charge in [0.05, 0.1) is 18.8 Å². The van der Waals surface area contributed by atoms with Gasteiger partial charge in [-0.15, -0.1) is 11.3 Å². The normalized spacial score (nSPS) is 11.0. The molecule has 0 aliphatic carbocycles. The first-order chi connectivity index (χ1) is 9.65. The quantitative estimate of drug-likeness (QED) is 0.836. The average Bonchev–Trinajstić information content (AvgIpc) is 2.99. The molecule has 0 aromatic carbocycles. The number of nitrogens with one attached hydrogen (secondary N) is 1. The van der Waals surface area contributed by atoms with E-state index in [0.29, 0.717) is 6.61 Å². The van der Waals surface area contributed by atoms with Crippen LogP contribution >= 0.6 is 11.3 Å². The Morgan fingerprint density at radius 3 is 2.90 bits per heavy atom. The van der Waals surface area contributed by atoms with Crippen LogP contribution in [0.25, 0.3) is 0 Å². The molecule has 0 aliphatic rings. The summed E-state index contributed by atoms with van der Waals surface area (Å²) in [6.07, 6.45) is 3.77. The molecule has 0 fully saturated rings. The van der Waals surface area contributed by atoms with Gasteiger partial charge in [0.25, 0.3) is 0 Å². The first-order valence-corrected chi connectivity index (χ1v) is 7.26. The van der Waals surface area contributed by atoms with Crippen molar-refractivity contribution in [1.29, 1.82) is 0 Å². The van der Waals surface area contributed by atoms with E-state index in [1.54, 1.807) is 18.4 Å². The fraction of sp³-hybridized carbons (Fsp3) is 0.538. The van der Waals surface area contributed by atoms with E-state index < -0.39 is 0 Å². The lowest BCUT2D eigenvalue weighted by Gasteiger charge is -2.15. The average molecular weight is 295 g/mol. The number of aromatic nitrogens is 3. The van der Waals surface area contributed by atoms with Gasteiger partial charge in [0.1, 0.15) is 5.82 Å². The molecule has 2 heterocycles. The summed E-state index contributed by atoms with van der Waals surface area (Å²) in [7, 11) is 7.67. The summed E-state index contributed by atoms with van der Waals surface area (Å²) >= 11 is 1.70. The number of hydrogen-bond donors (Lipinski definition) is 1. The van der Waals surface area contributed by atoms with Gasteiger partial charge in [-0.3, -0.25) is 0 Å². The van der Waals surface area contributed by atoms with Crippen molar-refractivity contribution in [3.8, 4) is 0 Å². The number of nitrogens with zero attached hydrogens (tertiary/aromatic N) is 4. The molecule has 20 heavy (non-hydrogen) atoms. The second kappa shape index (κ2) is 6.83. The van der Waals surface area contributed by atoms with Crippen LogP contribution in [-0.2, 0) is 31.5 Å². The highest BCUT2D eigenvalue weighted by Gasteiger charge is 2.14. The van der Waals surface area contributed by atoms with E-state index >= 15 is 0 Å². The van der Waals surface area contributed by atoms with Crippen LogP contribution in [0.5, 0.6) is 0 Å². The SMILES string of the molecule is CNCc1sc(N(C)Cc2nccn2C)nc1COC. The highest BCUT2D eigenvalue weighted by molar-refractivity contribution is 7.15. The summed E-state index contributed by atoms with van der Waals surface area (Å²) < 4.78 is 7.24. The number of anilines is 1. The highest BCUT2D eigenvalue weighted by Crippen LogP contribution is 2.27. The molecule has 0 saturated carbocycles. The van der Waals surface area contributed by atoms with Crippen molar-refractivity contribution in [2.24, 2.45) is 7.05 Å². The second-order valence-corrected chi connectivity index (χ2v) is 5.70. The van der Waals surface area contributed by atoms with Crippen LogP contribution in [0.15, 0.2) is 12.4 Å². The van der Waals surface area contributed by atoms with Crippen molar-refractivity contribution in [3.05, 3.63) is 28.8 Å². The summed E-state index contributed by atoms with van der Waals surface area (Å²) in [6, 6.07) is 0. The van der Waals surface area contributed by atoms with Gasteiger partial charge in [0.2, 0.25) is 0 Å². The van der Waals surface area contributed by atoms with Gasteiger partial charge >= 0.3 is 0 Å². The molecule has 2 rings (SSSR count). The molecule has 110 valence electrons. The number of methoxy groups -OCH3 is 1. The maximum atomic E-state index is 5.21. The van der Waals surface area contributed by atoms with Crippen LogP contribution in [-0.4, -0.2) is 35.7 Å². The minimum absolute atomic E-state index is 0.545. The Hall–Kier alpha value is -1.44. The summed E-state index contributed by atoms with van der Waals surface area (Å²) in [5.41, 5.74) is 1.01. The molecule has 2 aromatic rings. The molecule has 6 nitrogen and oxygen atoms in total. The molecular weight excluding hydrogens is 274 g/mol. The minimum Gasteiger partial charge on any atom is -0.378 e. The lowest BCUT2D eigenvalue weighted by Crippen LogP contribution is -2.18. The summed E-state index contributed by atoms with van der Waals surface area (Å²) in [5, 5.41) is 4.16. The smallest absolute Gasteiger partial charge is 0.186 e. The molecular formula is C13H21N5OS. The number of rotatable bonds is 7. The largest absolute Gasteiger partial charge is 0.378 e. The van der Waals surface area contributed by atoms with Gasteiger partial charge in [-0.05, 0) is 7.05 Å². The molecule has 0 atom stereocenters. The highest BCUT2D eigenvalue weighted by atomic mass is 32.1. The van der Waals surface area contributed by atoms with Gasteiger partial charge < -0.3 is 19.5 Å². The first kappa shape index (κ1) is 15.0. The molecule has 2 aromatic heterocycles.